The number of aliphatic hydroxyl groups excluding tert-OH is 1. The lowest BCUT2D eigenvalue weighted by Crippen LogP contribution is -2.18. The van der Waals surface area contributed by atoms with E-state index < -0.39 is 18.0 Å². The normalized spacial score (nSPS) is 13.5. The molecule has 0 heterocycles. The summed E-state index contributed by atoms with van der Waals surface area (Å²) in [5, 5.41) is 25.4. The molecule has 0 bridgehead atoms. The zero-order chi connectivity index (χ0) is 23.6. The summed E-state index contributed by atoms with van der Waals surface area (Å²) in [5.74, 6) is -1.84. The molecule has 0 aliphatic heterocycles. The van der Waals surface area contributed by atoms with Crippen LogP contribution in [0.1, 0.15) is 149 Å². The molecule has 0 spiro atoms. The first kappa shape index (κ1) is 32.1. The highest BCUT2D eigenvalue weighted by Crippen LogP contribution is 2.15. The molecule has 1 rings (SSSR count). The molecule has 1 saturated carbocycles. The Morgan fingerprint density at radius 2 is 0.903 bits per heavy atom. The Morgan fingerprint density at radius 1 is 0.613 bits per heavy atom. The van der Waals surface area contributed by atoms with E-state index in [0.29, 0.717) is 6.42 Å². The highest BCUT2D eigenvalue weighted by atomic mass is 16.4. The van der Waals surface area contributed by atoms with Gasteiger partial charge >= 0.3 is 11.9 Å². The minimum absolute atomic E-state index is 0.222. The summed E-state index contributed by atoms with van der Waals surface area (Å²) in [6.45, 7) is 3.86. The van der Waals surface area contributed by atoms with Crippen LogP contribution in [0.2, 0.25) is 0 Å². The van der Waals surface area contributed by atoms with E-state index in [2.05, 4.69) is 6.92 Å². The lowest BCUT2D eigenvalue weighted by Gasteiger charge is -2.05. The van der Waals surface area contributed by atoms with Crippen molar-refractivity contribution in [1.29, 1.82) is 0 Å². The van der Waals surface area contributed by atoms with Gasteiger partial charge in [-0.05, 0) is 6.42 Å². The van der Waals surface area contributed by atoms with Gasteiger partial charge in [0.2, 0.25) is 0 Å². The fourth-order valence-corrected chi connectivity index (χ4v) is 3.54. The van der Waals surface area contributed by atoms with Crippen LogP contribution < -0.4 is 0 Å². The first-order chi connectivity index (χ1) is 15.0. The van der Waals surface area contributed by atoms with Gasteiger partial charge < -0.3 is 15.3 Å². The Bertz CT molecular complexity index is 372. The van der Waals surface area contributed by atoms with Gasteiger partial charge in [-0.2, -0.15) is 0 Å². The van der Waals surface area contributed by atoms with E-state index in [0.717, 1.165) is 12.8 Å². The molecule has 1 fully saturated rings. The van der Waals surface area contributed by atoms with Crippen molar-refractivity contribution in [2.75, 3.05) is 0 Å². The van der Waals surface area contributed by atoms with E-state index in [1.807, 2.05) is 0 Å². The van der Waals surface area contributed by atoms with Crippen molar-refractivity contribution in [2.45, 2.75) is 155 Å². The number of rotatable bonds is 17. The molecule has 3 N–H and O–H groups in total. The van der Waals surface area contributed by atoms with Gasteiger partial charge in [0.15, 0.2) is 6.10 Å². The molecule has 0 aromatic rings. The molecule has 0 amide bonds. The summed E-state index contributed by atoms with van der Waals surface area (Å²) in [4.78, 5) is 19.8. The second kappa shape index (κ2) is 26.9. The third kappa shape index (κ3) is 31.2. The number of aliphatic carboxylic acids is 2. The number of unbranched alkanes of at least 4 members (excludes halogenated alkanes) is 13. The van der Waals surface area contributed by atoms with E-state index >= 15 is 0 Å². The maximum atomic E-state index is 10.4. The van der Waals surface area contributed by atoms with Crippen molar-refractivity contribution in [2.24, 2.45) is 0 Å². The van der Waals surface area contributed by atoms with Crippen LogP contribution in [0.4, 0.5) is 0 Å². The van der Waals surface area contributed by atoms with Crippen molar-refractivity contribution in [3.8, 4) is 0 Å². The second-order valence-electron chi connectivity index (χ2n) is 8.75. The zero-order valence-electron chi connectivity index (χ0n) is 20.6. The molecule has 5 nitrogen and oxygen atoms in total. The predicted molar refractivity (Wildman–Crippen MR) is 130 cm³/mol. The Labute approximate surface area is 192 Å². The summed E-state index contributed by atoms with van der Waals surface area (Å²) in [6.07, 6.45) is 25.0. The lowest BCUT2D eigenvalue weighted by molar-refractivity contribution is -0.147. The van der Waals surface area contributed by atoms with Gasteiger partial charge in [-0.25, -0.2) is 4.79 Å². The Kier molecular flexibility index (Phi) is 27.9. The first-order valence-electron chi connectivity index (χ1n) is 13.1. The van der Waals surface area contributed by atoms with E-state index in [4.69, 9.17) is 15.3 Å². The molecule has 0 aromatic carbocycles. The number of carboxylic acids is 2. The minimum atomic E-state index is -1.16. The van der Waals surface area contributed by atoms with Crippen LogP contribution in [-0.2, 0) is 9.59 Å². The molecule has 0 radical (unpaired) electrons. The van der Waals surface area contributed by atoms with Crippen molar-refractivity contribution >= 4 is 11.9 Å². The molecule has 186 valence electrons. The summed E-state index contributed by atoms with van der Waals surface area (Å²) < 4.78 is 0. The highest BCUT2D eigenvalue weighted by Gasteiger charge is 2.11. The Hall–Kier alpha value is -1.10. The fraction of sp³-hybridized carbons (Fsp3) is 0.923. The van der Waals surface area contributed by atoms with Crippen LogP contribution in [0, 0.1) is 0 Å². The SMILES string of the molecule is C1CCCC1.CCC(=O)O.CCCCCCCCCCCCCCCCC(O)C(=O)O. The number of hydrogen-bond donors (Lipinski definition) is 3. The van der Waals surface area contributed by atoms with Crippen LogP contribution in [0.15, 0.2) is 0 Å². The maximum absolute atomic E-state index is 10.4. The van der Waals surface area contributed by atoms with Crippen LogP contribution in [-0.4, -0.2) is 33.4 Å². The molecular formula is C26H52O5. The average Bonchev–Trinajstić information content (AvgIpc) is 3.34. The molecule has 1 atom stereocenters. The highest BCUT2D eigenvalue weighted by molar-refractivity contribution is 5.71. The Morgan fingerprint density at radius 3 is 1.16 bits per heavy atom. The predicted octanol–water partition coefficient (Wildman–Crippen LogP) is 7.73. The maximum Gasteiger partial charge on any atom is 0.332 e. The van der Waals surface area contributed by atoms with Gasteiger partial charge in [-0.1, -0.05) is 136 Å². The van der Waals surface area contributed by atoms with E-state index in [-0.39, 0.29) is 6.42 Å². The van der Waals surface area contributed by atoms with Gasteiger partial charge in [0.05, 0.1) is 0 Å². The van der Waals surface area contributed by atoms with E-state index in [1.165, 1.54) is 109 Å². The lowest BCUT2D eigenvalue weighted by atomic mass is 10.0. The smallest absolute Gasteiger partial charge is 0.332 e. The van der Waals surface area contributed by atoms with E-state index in [9.17, 15) is 9.59 Å². The van der Waals surface area contributed by atoms with Gasteiger partial charge in [-0.3, -0.25) is 4.79 Å². The van der Waals surface area contributed by atoms with Crippen molar-refractivity contribution in [3.05, 3.63) is 0 Å². The number of carbonyl (C=O) groups is 2. The summed E-state index contributed by atoms with van der Waals surface area (Å²) in [7, 11) is 0. The number of aliphatic hydroxyl groups is 1. The number of hydrogen-bond acceptors (Lipinski definition) is 3. The van der Waals surface area contributed by atoms with Crippen LogP contribution in [0.5, 0.6) is 0 Å². The summed E-state index contributed by atoms with van der Waals surface area (Å²) >= 11 is 0. The monoisotopic (exact) mass is 444 g/mol. The molecule has 0 aromatic heterocycles. The third-order valence-electron chi connectivity index (χ3n) is 5.67. The molecule has 5 heteroatoms. The topological polar surface area (TPSA) is 94.8 Å². The molecule has 1 aliphatic rings. The van der Waals surface area contributed by atoms with Gasteiger partial charge in [0.25, 0.3) is 0 Å². The van der Waals surface area contributed by atoms with Gasteiger partial charge in [0.1, 0.15) is 0 Å². The Balaban J connectivity index is 0. The fourth-order valence-electron chi connectivity index (χ4n) is 3.54. The largest absolute Gasteiger partial charge is 0.481 e. The van der Waals surface area contributed by atoms with Gasteiger partial charge in [-0.15, -0.1) is 0 Å². The zero-order valence-corrected chi connectivity index (χ0v) is 20.6. The minimum Gasteiger partial charge on any atom is -0.481 e. The molecule has 1 aliphatic carbocycles. The quantitative estimate of drug-likeness (QED) is 0.199. The van der Waals surface area contributed by atoms with Crippen molar-refractivity contribution < 1.29 is 24.9 Å². The third-order valence-corrected chi connectivity index (χ3v) is 5.67. The molecule has 31 heavy (non-hydrogen) atoms. The van der Waals surface area contributed by atoms with Crippen LogP contribution in [0.25, 0.3) is 0 Å². The average molecular weight is 445 g/mol. The summed E-state index contributed by atoms with van der Waals surface area (Å²) in [5.41, 5.74) is 0. The molecule has 1 unspecified atom stereocenters. The van der Waals surface area contributed by atoms with Crippen molar-refractivity contribution in [3.63, 3.8) is 0 Å². The standard InChI is InChI=1S/C18H36O3.C5H10.C3H6O2/c1-2-3-4-5-6-7-8-9-10-11-12-13-14-15-16-17(19)18(20)21;1-2-4-5-3-1;1-2-3(4)5/h17,19H,2-16H2,1H3,(H,20,21);1-5H2;2H2,1H3,(H,4,5). The first-order valence-corrected chi connectivity index (χ1v) is 13.1. The molecule has 0 saturated heterocycles. The van der Waals surface area contributed by atoms with Crippen LogP contribution >= 0.6 is 0 Å². The van der Waals surface area contributed by atoms with E-state index in [1.54, 1.807) is 6.92 Å². The van der Waals surface area contributed by atoms with Crippen LogP contribution in [0.3, 0.4) is 0 Å². The second-order valence-corrected chi connectivity index (χ2v) is 8.75. The number of carboxylic acid groups (broad SMARTS) is 2. The van der Waals surface area contributed by atoms with Gasteiger partial charge in [0, 0.05) is 6.42 Å². The van der Waals surface area contributed by atoms with Crippen molar-refractivity contribution in [1.82, 2.24) is 0 Å². The summed E-state index contributed by atoms with van der Waals surface area (Å²) in [6, 6.07) is 0. The molecular weight excluding hydrogens is 392 g/mol.